The SMILES string of the molecule is CC(C)(CCCO)CNC(=O)C1CC=CCC1C(=O)O. The maximum absolute atomic E-state index is 12.2. The zero-order valence-electron chi connectivity index (χ0n) is 12.3. The van der Waals surface area contributed by atoms with Crippen LogP contribution in [0, 0.1) is 17.3 Å². The number of hydrogen-bond donors (Lipinski definition) is 3. The summed E-state index contributed by atoms with van der Waals surface area (Å²) in [5.41, 5.74) is -0.0956. The molecule has 0 saturated carbocycles. The lowest BCUT2D eigenvalue weighted by Crippen LogP contribution is -2.42. The third kappa shape index (κ3) is 4.96. The van der Waals surface area contributed by atoms with Crippen LogP contribution in [0.2, 0.25) is 0 Å². The zero-order valence-corrected chi connectivity index (χ0v) is 12.3. The molecule has 5 heteroatoms. The van der Waals surface area contributed by atoms with Gasteiger partial charge in [0, 0.05) is 13.2 Å². The average molecular weight is 283 g/mol. The van der Waals surface area contributed by atoms with Gasteiger partial charge in [-0.2, -0.15) is 0 Å². The first-order chi connectivity index (χ1) is 9.37. The largest absolute Gasteiger partial charge is 0.481 e. The number of carboxylic acid groups (broad SMARTS) is 1. The van der Waals surface area contributed by atoms with E-state index in [1.807, 2.05) is 26.0 Å². The van der Waals surface area contributed by atoms with Crippen LogP contribution in [-0.2, 0) is 9.59 Å². The number of carboxylic acids is 1. The summed E-state index contributed by atoms with van der Waals surface area (Å²) in [6.45, 7) is 4.70. The Balaban J connectivity index is 2.53. The third-order valence-corrected chi connectivity index (χ3v) is 3.84. The number of aliphatic carboxylic acids is 1. The fourth-order valence-corrected chi connectivity index (χ4v) is 2.48. The number of allylic oxidation sites excluding steroid dienone is 2. The summed E-state index contributed by atoms with van der Waals surface area (Å²) in [4.78, 5) is 23.3. The van der Waals surface area contributed by atoms with Gasteiger partial charge in [0.15, 0.2) is 0 Å². The minimum Gasteiger partial charge on any atom is -0.481 e. The standard InChI is InChI=1S/C15H25NO4/c1-15(2,8-5-9-17)10-16-13(18)11-6-3-4-7-12(11)14(19)20/h3-4,11-12,17H,5-10H2,1-2H3,(H,16,18)(H,19,20). The Morgan fingerprint density at radius 2 is 1.85 bits per heavy atom. The third-order valence-electron chi connectivity index (χ3n) is 3.84. The van der Waals surface area contributed by atoms with Crippen molar-refractivity contribution in [2.45, 2.75) is 39.5 Å². The van der Waals surface area contributed by atoms with Gasteiger partial charge in [-0.15, -0.1) is 0 Å². The Bertz CT molecular complexity index is 376. The molecule has 20 heavy (non-hydrogen) atoms. The van der Waals surface area contributed by atoms with Crippen molar-refractivity contribution in [3.05, 3.63) is 12.2 Å². The van der Waals surface area contributed by atoms with Crippen molar-refractivity contribution in [3.8, 4) is 0 Å². The lowest BCUT2D eigenvalue weighted by molar-refractivity contribution is -0.147. The molecule has 0 spiro atoms. The number of aliphatic hydroxyl groups excluding tert-OH is 1. The fourth-order valence-electron chi connectivity index (χ4n) is 2.48. The highest BCUT2D eigenvalue weighted by Crippen LogP contribution is 2.27. The van der Waals surface area contributed by atoms with Gasteiger partial charge in [-0.05, 0) is 31.1 Å². The molecule has 1 aliphatic rings. The molecule has 5 nitrogen and oxygen atoms in total. The number of carbonyl (C=O) groups excluding carboxylic acids is 1. The molecule has 0 heterocycles. The molecule has 0 radical (unpaired) electrons. The van der Waals surface area contributed by atoms with Crippen LogP contribution in [0.15, 0.2) is 12.2 Å². The van der Waals surface area contributed by atoms with E-state index in [1.165, 1.54) is 0 Å². The topological polar surface area (TPSA) is 86.6 Å². The summed E-state index contributed by atoms with van der Waals surface area (Å²) in [7, 11) is 0. The van der Waals surface area contributed by atoms with Gasteiger partial charge in [-0.3, -0.25) is 9.59 Å². The monoisotopic (exact) mass is 283 g/mol. The van der Waals surface area contributed by atoms with E-state index in [0.29, 0.717) is 25.8 Å². The molecule has 1 amide bonds. The normalized spacial score (nSPS) is 22.6. The second-order valence-electron chi connectivity index (χ2n) is 6.20. The molecule has 0 bridgehead atoms. The Kier molecular flexibility index (Phi) is 6.20. The van der Waals surface area contributed by atoms with Crippen molar-refractivity contribution < 1.29 is 19.8 Å². The van der Waals surface area contributed by atoms with Gasteiger partial charge in [0.2, 0.25) is 5.91 Å². The van der Waals surface area contributed by atoms with Crippen molar-refractivity contribution in [2.75, 3.05) is 13.2 Å². The van der Waals surface area contributed by atoms with Crippen LogP contribution < -0.4 is 5.32 Å². The lowest BCUT2D eigenvalue weighted by atomic mass is 9.82. The number of nitrogens with one attached hydrogen (secondary N) is 1. The molecule has 0 fully saturated rings. The van der Waals surface area contributed by atoms with Gasteiger partial charge < -0.3 is 15.5 Å². The Labute approximate surface area is 120 Å². The van der Waals surface area contributed by atoms with Gasteiger partial charge in [-0.1, -0.05) is 26.0 Å². The van der Waals surface area contributed by atoms with Crippen LogP contribution in [0.25, 0.3) is 0 Å². The van der Waals surface area contributed by atoms with Crippen LogP contribution in [0.4, 0.5) is 0 Å². The van der Waals surface area contributed by atoms with Crippen molar-refractivity contribution in [1.82, 2.24) is 5.32 Å². The minimum atomic E-state index is -0.908. The molecule has 0 aromatic carbocycles. The summed E-state index contributed by atoms with van der Waals surface area (Å²) in [6, 6.07) is 0. The fraction of sp³-hybridized carbons (Fsp3) is 0.733. The predicted octanol–water partition coefficient (Wildman–Crippen LogP) is 1.57. The first-order valence-corrected chi connectivity index (χ1v) is 7.14. The predicted molar refractivity (Wildman–Crippen MR) is 76.1 cm³/mol. The Morgan fingerprint density at radius 3 is 2.40 bits per heavy atom. The number of hydrogen-bond acceptors (Lipinski definition) is 3. The molecule has 3 N–H and O–H groups in total. The number of aliphatic hydroxyl groups is 1. The van der Waals surface area contributed by atoms with Crippen LogP contribution in [0.3, 0.4) is 0 Å². The highest BCUT2D eigenvalue weighted by atomic mass is 16.4. The highest BCUT2D eigenvalue weighted by Gasteiger charge is 2.34. The number of carbonyl (C=O) groups is 2. The Hall–Kier alpha value is -1.36. The summed E-state index contributed by atoms with van der Waals surface area (Å²) in [6.07, 6.45) is 6.12. The van der Waals surface area contributed by atoms with E-state index >= 15 is 0 Å². The Morgan fingerprint density at radius 1 is 1.25 bits per heavy atom. The van der Waals surface area contributed by atoms with E-state index in [-0.39, 0.29) is 17.9 Å². The second-order valence-corrected chi connectivity index (χ2v) is 6.20. The second kappa shape index (κ2) is 7.43. The van der Waals surface area contributed by atoms with Crippen molar-refractivity contribution in [2.24, 2.45) is 17.3 Å². The molecule has 2 unspecified atom stereocenters. The lowest BCUT2D eigenvalue weighted by Gasteiger charge is -2.28. The van der Waals surface area contributed by atoms with Crippen LogP contribution >= 0.6 is 0 Å². The molecule has 2 atom stereocenters. The van der Waals surface area contributed by atoms with Gasteiger partial charge >= 0.3 is 5.97 Å². The van der Waals surface area contributed by atoms with Crippen molar-refractivity contribution in [1.29, 1.82) is 0 Å². The molecule has 114 valence electrons. The van der Waals surface area contributed by atoms with Crippen LogP contribution in [0.1, 0.15) is 39.5 Å². The van der Waals surface area contributed by atoms with Crippen LogP contribution in [-0.4, -0.2) is 35.2 Å². The summed E-state index contributed by atoms with van der Waals surface area (Å²) < 4.78 is 0. The quantitative estimate of drug-likeness (QED) is 0.619. The first-order valence-electron chi connectivity index (χ1n) is 7.14. The summed E-state index contributed by atoms with van der Waals surface area (Å²) in [5, 5.41) is 20.9. The van der Waals surface area contributed by atoms with Crippen molar-refractivity contribution >= 4 is 11.9 Å². The number of rotatable bonds is 7. The smallest absolute Gasteiger partial charge is 0.307 e. The average Bonchev–Trinajstić information content (AvgIpc) is 2.42. The molecule has 0 aromatic rings. The molecule has 0 saturated heterocycles. The first kappa shape index (κ1) is 16.7. The summed E-state index contributed by atoms with van der Waals surface area (Å²) >= 11 is 0. The van der Waals surface area contributed by atoms with E-state index in [0.717, 1.165) is 6.42 Å². The van der Waals surface area contributed by atoms with Crippen molar-refractivity contribution in [3.63, 3.8) is 0 Å². The maximum Gasteiger partial charge on any atom is 0.307 e. The van der Waals surface area contributed by atoms with E-state index in [9.17, 15) is 9.59 Å². The summed E-state index contributed by atoms with van der Waals surface area (Å²) in [5.74, 6) is -2.19. The number of amides is 1. The molecular formula is C15H25NO4. The molecule has 0 aliphatic heterocycles. The zero-order chi connectivity index (χ0) is 15.2. The maximum atomic E-state index is 12.2. The molecule has 0 aromatic heterocycles. The van der Waals surface area contributed by atoms with Gasteiger partial charge in [0.25, 0.3) is 0 Å². The van der Waals surface area contributed by atoms with E-state index in [2.05, 4.69) is 5.32 Å². The molecular weight excluding hydrogens is 258 g/mol. The van der Waals surface area contributed by atoms with E-state index in [1.54, 1.807) is 0 Å². The van der Waals surface area contributed by atoms with E-state index < -0.39 is 17.8 Å². The van der Waals surface area contributed by atoms with Gasteiger partial charge in [-0.25, -0.2) is 0 Å². The van der Waals surface area contributed by atoms with E-state index in [4.69, 9.17) is 10.2 Å². The van der Waals surface area contributed by atoms with Gasteiger partial charge in [0.1, 0.15) is 0 Å². The van der Waals surface area contributed by atoms with Gasteiger partial charge in [0.05, 0.1) is 11.8 Å². The minimum absolute atomic E-state index is 0.0956. The molecule has 1 aliphatic carbocycles. The van der Waals surface area contributed by atoms with Crippen LogP contribution in [0.5, 0.6) is 0 Å². The highest BCUT2D eigenvalue weighted by molar-refractivity contribution is 5.85. The molecule has 1 rings (SSSR count).